The Hall–Kier alpha value is -0.0800. The van der Waals surface area contributed by atoms with E-state index in [1.165, 1.54) is 0 Å². The number of aliphatic hydroxyl groups is 1. The van der Waals surface area contributed by atoms with Crippen molar-refractivity contribution in [3.05, 3.63) is 0 Å². The van der Waals surface area contributed by atoms with Crippen molar-refractivity contribution in [2.45, 2.75) is 45.3 Å². The third-order valence-electron chi connectivity index (χ3n) is 2.69. The first-order chi connectivity index (χ1) is 4.35. The summed E-state index contributed by atoms with van der Waals surface area (Å²) in [6.45, 7) is 6.37. The van der Waals surface area contributed by atoms with Crippen molar-refractivity contribution in [3.63, 3.8) is 0 Å². The van der Waals surface area contributed by atoms with Crippen LogP contribution in [0.15, 0.2) is 0 Å². The van der Waals surface area contributed by atoms with Gasteiger partial charge in [-0.15, -0.1) is 0 Å². The molecule has 60 valence electrons. The highest BCUT2D eigenvalue weighted by atomic mass is 16.3. The van der Waals surface area contributed by atoms with Gasteiger partial charge < -0.3 is 10.8 Å². The maximum atomic E-state index is 9.07. The van der Waals surface area contributed by atoms with Crippen LogP contribution in [0.1, 0.15) is 33.6 Å². The molecule has 0 aliphatic heterocycles. The lowest BCUT2D eigenvalue weighted by atomic mass is 9.61. The summed E-state index contributed by atoms with van der Waals surface area (Å²) in [5.41, 5.74) is 6.02. The fraction of sp³-hybridized carbons (Fsp3) is 1.00. The zero-order chi connectivity index (χ0) is 7.99. The number of nitrogens with two attached hydrogens (primary N) is 1. The average molecular weight is 143 g/mol. The largest absolute Gasteiger partial charge is 0.393 e. The molecule has 0 atom stereocenters. The molecule has 0 bridgehead atoms. The maximum Gasteiger partial charge on any atom is 0.0575 e. The minimum absolute atomic E-state index is 0.119. The fourth-order valence-corrected chi connectivity index (χ4v) is 1.39. The average Bonchev–Trinajstić information content (AvgIpc) is 1.58. The lowest BCUT2D eigenvalue weighted by molar-refractivity contribution is -0.0333. The monoisotopic (exact) mass is 143 g/mol. The van der Waals surface area contributed by atoms with Crippen LogP contribution in [0.3, 0.4) is 0 Å². The van der Waals surface area contributed by atoms with E-state index in [2.05, 4.69) is 20.8 Å². The molecule has 2 heteroatoms. The van der Waals surface area contributed by atoms with E-state index in [0.29, 0.717) is 0 Å². The topological polar surface area (TPSA) is 46.2 Å². The van der Waals surface area contributed by atoms with Crippen LogP contribution in [0.2, 0.25) is 0 Å². The van der Waals surface area contributed by atoms with Crippen molar-refractivity contribution >= 4 is 0 Å². The van der Waals surface area contributed by atoms with Crippen LogP contribution in [0, 0.1) is 5.41 Å². The first-order valence-electron chi connectivity index (χ1n) is 3.82. The van der Waals surface area contributed by atoms with E-state index in [1.54, 1.807) is 0 Å². The zero-order valence-electron chi connectivity index (χ0n) is 7.02. The van der Waals surface area contributed by atoms with E-state index >= 15 is 0 Å². The Morgan fingerprint density at radius 2 is 1.80 bits per heavy atom. The second-order valence-electron chi connectivity index (χ2n) is 4.47. The summed E-state index contributed by atoms with van der Waals surface area (Å²) >= 11 is 0. The molecule has 1 saturated carbocycles. The van der Waals surface area contributed by atoms with E-state index in [9.17, 15) is 0 Å². The van der Waals surface area contributed by atoms with E-state index in [-0.39, 0.29) is 17.1 Å². The summed E-state index contributed by atoms with van der Waals surface area (Å²) < 4.78 is 0. The summed E-state index contributed by atoms with van der Waals surface area (Å²) in [6.07, 6.45) is 1.37. The molecule has 0 heterocycles. The van der Waals surface area contributed by atoms with Gasteiger partial charge in [-0.3, -0.25) is 0 Å². The Bertz CT molecular complexity index is 131. The summed E-state index contributed by atoms with van der Waals surface area (Å²) in [4.78, 5) is 0. The Morgan fingerprint density at radius 3 is 1.90 bits per heavy atom. The highest BCUT2D eigenvalue weighted by Crippen LogP contribution is 2.43. The SMILES string of the molecule is CC(C)(C)C1(N)CC(O)C1. The fourth-order valence-electron chi connectivity index (χ4n) is 1.39. The zero-order valence-corrected chi connectivity index (χ0v) is 7.02. The number of hydrogen-bond acceptors (Lipinski definition) is 2. The highest BCUT2D eigenvalue weighted by molar-refractivity contribution is 5.05. The van der Waals surface area contributed by atoms with Gasteiger partial charge in [0.15, 0.2) is 0 Å². The smallest absolute Gasteiger partial charge is 0.0575 e. The van der Waals surface area contributed by atoms with Gasteiger partial charge in [-0.05, 0) is 18.3 Å². The maximum absolute atomic E-state index is 9.07. The van der Waals surface area contributed by atoms with Crippen LogP contribution in [-0.4, -0.2) is 16.7 Å². The molecule has 2 nitrogen and oxygen atoms in total. The molecule has 0 amide bonds. The van der Waals surface area contributed by atoms with Crippen LogP contribution in [0.5, 0.6) is 0 Å². The highest BCUT2D eigenvalue weighted by Gasteiger charge is 2.48. The van der Waals surface area contributed by atoms with Gasteiger partial charge in [0.1, 0.15) is 0 Å². The first kappa shape index (κ1) is 8.02. The quantitative estimate of drug-likeness (QED) is 0.529. The predicted octanol–water partition coefficient (Wildman–Crippen LogP) is 0.885. The molecule has 0 spiro atoms. The van der Waals surface area contributed by atoms with E-state index in [4.69, 9.17) is 10.8 Å². The molecule has 10 heavy (non-hydrogen) atoms. The summed E-state index contributed by atoms with van der Waals surface area (Å²) in [5, 5.41) is 9.07. The molecule has 3 N–H and O–H groups in total. The molecule has 1 rings (SSSR count). The second-order valence-corrected chi connectivity index (χ2v) is 4.47. The molecular weight excluding hydrogens is 126 g/mol. The number of rotatable bonds is 0. The second kappa shape index (κ2) is 1.95. The Labute approximate surface area is 62.4 Å². The van der Waals surface area contributed by atoms with E-state index in [0.717, 1.165) is 12.8 Å². The van der Waals surface area contributed by atoms with Gasteiger partial charge in [0.25, 0.3) is 0 Å². The standard InChI is InChI=1S/C8H17NO/c1-7(2,3)8(9)4-6(10)5-8/h6,10H,4-5,9H2,1-3H3. The molecule has 0 radical (unpaired) electrons. The van der Waals surface area contributed by atoms with E-state index < -0.39 is 0 Å². The molecule has 1 aliphatic rings. The van der Waals surface area contributed by atoms with Crippen molar-refractivity contribution in [2.75, 3.05) is 0 Å². The number of hydrogen-bond donors (Lipinski definition) is 2. The minimum Gasteiger partial charge on any atom is -0.393 e. The predicted molar refractivity (Wildman–Crippen MR) is 41.6 cm³/mol. The van der Waals surface area contributed by atoms with Gasteiger partial charge in [-0.2, -0.15) is 0 Å². The van der Waals surface area contributed by atoms with Crippen molar-refractivity contribution in [1.29, 1.82) is 0 Å². The molecular formula is C8H17NO. The van der Waals surface area contributed by atoms with E-state index in [1.807, 2.05) is 0 Å². The molecule has 0 aromatic carbocycles. The summed E-state index contributed by atoms with van der Waals surface area (Å²) in [6, 6.07) is 0. The molecule has 1 aliphatic carbocycles. The van der Waals surface area contributed by atoms with Crippen LogP contribution >= 0.6 is 0 Å². The van der Waals surface area contributed by atoms with Gasteiger partial charge in [0.2, 0.25) is 0 Å². The van der Waals surface area contributed by atoms with Crippen LogP contribution in [-0.2, 0) is 0 Å². The van der Waals surface area contributed by atoms with Gasteiger partial charge in [-0.25, -0.2) is 0 Å². The normalized spacial score (nSPS) is 41.1. The van der Waals surface area contributed by atoms with Gasteiger partial charge in [-0.1, -0.05) is 20.8 Å². The minimum atomic E-state index is -0.149. The third-order valence-corrected chi connectivity index (χ3v) is 2.69. The first-order valence-corrected chi connectivity index (χ1v) is 3.82. The molecule has 0 unspecified atom stereocenters. The Kier molecular flexibility index (Phi) is 1.57. The van der Waals surface area contributed by atoms with Crippen molar-refractivity contribution in [2.24, 2.45) is 11.1 Å². The van der Waals surface area contributed by atoms with Crippen molar-refractivity contribution in [3.8, 4) is 0 Å². The lowest BCUT2D eigenvalue weighted by Crippen LogP contribution is -2.62. The van der Waals surface area contributed by atoms with Crippen LogP contribution in [0.4, 0.5) is 0 Å². The Balaban J connectivity index is 2.57. The van der Waals surface area contributed by atoms with Gasteiger partial charge >= 0.3 is 0 Å². The molecule has 0 saturated heterocycles. The molecule has 0 aromatic rings. The van der Waals surface area contributed by atoms with Gasteiger partial charge in [0, 0.05) is 5.54 Å². The number of aliphatic hydroxyl groups excluding tert-OH is 1. The van der Waals surface area contributed by atoms with Crippen molar-refractivity contribution < 1.29 is 5.11 Å². The van der Waals surface area contributed by atoms with Crippen LogP contribution in [0.25, 0.3) is 0 Å². The van der Waals surface area contributed by atoms with Crippen LogP contribution < -0.4 is 5.73 Å². The summed E-state index contributed by atoms with van der Waals surface area (Å²) in [7, 11) is 0. The third kappa shape index (κ3) is 1.06. The Morgan fingerprint density at radius 1 is 1.40 bits per heavy atom. The molecule has 1 fully saturated rings. The van der Waals surface area contributed by atoms with Gasteiger partial charge in [0.05, 0.1) is 6.10 Å². The summed E-state index contributed by atoms with van der Waals surface area (Å²) in [5.74, 6) is 0. The lowest BCUT2D eigenvalue weighted by Gasteiger charge is -2.51. The molecule has 0 aromatic heterocycles. The van der Waals surface area contributed by atoms with Crippen molar-refractivity contribution in [1.82, 2.24) is 0 Å².